The van der Waals surface area contributed by atoms with Crippen molar-refractivity contribution in [2.75, 3.05) is 20.2 Å². The van der Waals surface area contributed by atoms with E-state index in [0.717, 1.165) is 30.7 Å². The van der Waals surface area contributed by atoms with Gasteiger partial charge >= 0.3 is 5.97 Å². The summed E-state index contributed by atoms with van der Waals surface area (Å²) in [7, 11) is 1.36. The van der Waals surface area contributed by atoms with Crippen LogP contribution in [0.15, 0.2) is 16.5 Å². The van der Waals surface area contributed by atoms with Gasteiger partial charge in [0.25, 0.3) is 0 Å². The summed E-state index contributed by atoms with van der Waals surface area (Å²) in [5, 5.41) is 0. The first-order chi connectivity index (χ1) is 9.02. The molecular weight excluding hydrogens is 242 g/mol. The van der Waals surface area contributed by atoms with E-state index in [1.54, 1.807) is 6.07 Å². The maximum Gasteiger partial charge on any atom is 0.373 e. The van der Waals surface area contributed by atoms with Crippen LogP contribution < -0.4 is 0 Å². The van der Waals surface area contributed by atoms with E-state index in [9.17, 15) is 4.79 Å². The van der Waals surface area contributed by atoms with Gasteiger partial charge in [-0.3, -0.25) is 4.90 Å². The first-order valence-electron chi connectivity index (χ1n) is 6.95. The van der Waals surface area contributed by atoms with Gasteiger partial charge in [0.2, 0.25) is 5.76 Å². The van der Waals surface area contributed by atoms with Crippen LogP contribution in [0.1, 0.15) is 49.5 Å². The molecule has 106 valence electrons. The molecule has 0 saturated carbocycles. The molecule has 1 aliphatic rings. The molecule has 0 radical (unpaired) electrons. The van der Waals surface area contributed by atoms with Crippen LogP contribution in [-0.4, -0.2) is 31.1 Å². The van der Waals surface area contributed by atoms with E-state index >= 15 is 0 Å². The molecule has 1 saturated heterocycles. The number of carbonyl (C=O) groups is 1. The summed E-state index contributed by atoms with van der Waals surface area (Å²) in [5.74, 6) is 2.19. The predicted molar refractivity (Wildman–Crippen MR) is 73.0 cm³/mol. The highest BCUT2D eigenvalue weighted by Gasteiger charge is 2.30. The van der Waals surface area contributed by atoms with Crippen molar-refractivity contribution in [1.82, 2.24) is 4.90 Å². The molecule has 4 heteroatoms. The lowest BCUT2D eigenvalue weighted by molar-refractivity contribution is 0.0559. The Bertz CT molecular complexity index is 438. The number of ether oxygens (including phenoxy) is 1. The zero-order valence-electron chi connectivity index (χ0n) is 12.2. The topological polar surface area (TPSA) is 42.7 Å². The molecule has 19 heavy (non-hydrogen) atoms. The summed E-state index contributed by atoms with van der Waals surface area (Å²) in [5.41, 5.74) is 0. The fourth-order valence-corrected chi connectivity index (χ4v) is 2.68. The number of esters is 1. The lowest BCUT2D eigenvalue weighted by Crippen LogP contribution is -2.25. The maximum atomic E-state index is 11.4. The zero-order valence-corrected chi connectivity index (χ0v) is 12.2. The Balaban J connectivity index is 2.02. The molecule has 0 N–H and O–H groups in total. The predicted octanol–water partition coefficient (Wildman–Crippen LogP) is 3.11. The van der Waals surface area contributed by atoms with Crippen molar-refractivity contribution in [3.05, 3.63) is 23.7 Å². The molecule has 0 amide bonds. The van der Waals surface area contributed by atoms with Crippen molar-refractivity contribution in [3.63, 3.8) is 0 Å². The van der Waals surface area contributed by atoms with Crippen LogP contribution in [-0.2, 0) is 4.74 Å². The third-order valence-corrected chi connectivity index (χ3v) is 4.17. The number of carbonyl (C=O) groups excluding carboxylic acids is 1. The molecule has 1 aromatic heterocycles. The molecule has 1 aliphatic heterocycles. The van der Waals surface area contributed by atoms with Crippen molar-refractivity contribution in [3.8, 4) is 0 Å². The van der Waals surface area contributed by atoms with E-state index in [1.807, 2.05) is 6.07 Å². The summed E-state index contributed by atoms with van der Waals surface area (Å²) >= 11 is 0. The minimum Gasteiger partial charge on any atom is -0.463 e. The second-order valence-corrected chi connectivity index (χ2v) is 5.66. The highest BCUT2D eigenvalue weighted by molar-refractivity contribution is 5.86. The first kappa shape index (κ1) is 14.1. The van der Waals surface area contributed by atoms with Gasteiger partial charge in [0, 0.05) is 6.54 Å². The van der Waals surface area contributed by atoms with Crippen molar-refractivity contribution >= 4 is 5.97 Å². The van der Waals surface area contributed by atoms with Crippen molar-refractivity contribution in [2.24, 2.45) is 11.8 Å². The summed E-state index contributed by atoms with van der Waals surface area (Å²) in [6, 6.07) is 3.77. The van der Waals surface area contributed by atoms with Crippen molar-refractivity contribution < 1.29 is 13.9 Å². The Hall–Kier alpha value is -1.29. The second kappa shape index (κ2) is 5.78. The van der Waals surface area contributed by atoms with Crippen molar-refractivity contribution in [2.45, 2.75) is 33.2 Å². The highest BCUT2D eigenvalue weighted by atomic mass is 16.5. The van der Waals surface area contributed by atoms with Gasteiger partial charge in [-0.1, -0.05) is 13.8 Å². The normalized spacial score (nSPS) is 21.8. The monoisotopic (exact) mass is 265 g/mol. The lowest BCUT2D eigenvalue weighted by Gasteiger charge is -2.23. The van der Waals surface area contributed by atoms with Crippen LogP contribution in [0.25, 0.3) is 0 Å². The lowest BCUT2D eigenvalue weighted by atomic mass is 9.95. The summed E-state index contributed by atoms with van der Waals surface area (Å²) in [4.78, 5) is 13.8. The minimum atomic E-state index is -0.417. The molecule has 1 aromatic rings. The van der Waals surface area contributed by atoms with Crippen LogP contribution in [0.4, 0.5) is 0 Å². The molecule has 2 heterocycles. The van der Waals surface area contributed by atoms with E-state index < -0.39 is 5.97 Å². The summed E-state index contributed by atoms with van der Waals surface area (Å²) < 4.78 is 10.2. The molecule has 1 fully saturated rings. The molecule has 0 aromatic carbocycles. The molecule has 4 nitrogen and oxygen atoms in total. The summed E-state index contributed by atoms with van der Waals surface area (Å²) in [6.45, 7) is 8.89. The number of nitrogens with zero attached hydrogens (tertiary/aromatic N) is 1. The largest absolute Gasteiger partial charge is 0.463 e. The fraction of sp³-hybridized carbons (Fsp3) is 0.667. The van der Waals surface area contributed by atoms with Crippen LogP contribution in [0.3, 0.4) is 0 Å². The van der Waals surface area contributed by atoms with E-state index in [2.05, 4.69) is 30.4 Å². The van der Waals surface area contributed by atoms with E-state index in [0.29, 0.717) is 0 Å². The number of hydrogen-bond acceptors (Lipinski definition) is 4. The maximum absolute atomic E-state index is 11.4. The Morgan fingerprint density at radius 2 is 2.16 bits per heavy atom. The van der Waals surface area contributed by atoms with Gasteiger partial charge in [0.1, 0.15) is 5.76 Å². The SMILES string of the molecule is COC(=O)c1ccc(C(C)N2CCC(C(C)C)C2)o1. The quantitative estimate of drug-likeness (QED) is 0.785. The van der Waals surface area contributed by atoms with Gasteiger partial charge in [-0.05, 0) is 43.9 Å². The third-order valence-electron chi connectivity index (χ3n) is 4.17. The number of rotatable bonds is 4. The van der Waals surface area contributed by atoms with Gasteiger partial charge in [0.05, 0.1) is 13.2 Å². The average Bonchev–Trinajstić information content (AvgIpc) is 3.05. The van der Waals surface area contributed by atoms with Crippen molar-refractivity contribution in [1.29, 1.82) is 0 Å². The average molecular weight is 265 g/mol. The van der Waals surface area contributed by atoms with Crippen LogP contribution in [0, 0.1) is 11.8 Å². The molecule has 2 rings (SSSR count). The number of methoxy groups -OCH3 is 1. The Morgan fingerprint density at radius 1 is 1.42 bits per heavy atom. The van der Waals surface area contributed by atoms with E-state index in [-0.39, 0.29) is 11.8 Å². The first-order valence-corrected chi connectivity index (χ1v) is 6.95. The number of hydrogen-bond donors (Lipinski definition) is 0. The molecule has 2 unspecified atom stereocenters. The van der Waals surface area contributed by atoms with Gasteiger partial charge in [-0.2, -0.15) is 0 Å². The van der Waals surface area contributed by atoms with E-state index in [1.165, 1.54) is 13.5 Å². The molecule has 0 spiro atoms. The van der Waals surface area contributed by atoms with E-state index in [4.69, 9.17) is 4.42 Å². The molecule has 0 bridgehead atoms. The molecule has 0 aliphatic carbocycles. The summed E-state index contributed by atoms with van der Waals surface area (Å²) in [6.07, 6.45) is 1.24. The van der Waals surface area contributed by atoms with Gasteiger partial charge in [-0.25, -0.2) is 4.79 Å². The molecule has 2 atom stereocenters. The standard InChI is InChI=1S/C15H23NO3/c1-10(2)12-7-8-16(9-12)11(3)13-5-6-14(19-13)15(17)18-4/h5-6,10-12H,7-9H2,1-4H3. The number of furan rings is 1. The van der Waals surface area contributed by atoms with Gasteiger partial charge in [0.15, 0.2) is 0 Å². The fourth-order valence-electron chi connectivity index (χ4n) is 2.68. The van der Waals surface area contributed by atoms with Gasteiger partial charge in [-0.15, -0.1) is 0 Å². The Labute approximate surface area is 114 Å². The van der Waals surface area contributed by atoms with Gasteiger partial charge < -0.3 is 9.15 Å². The van der Waals surface area contributed by atoms with Crippen LogP contribution in [0.5, 0.6) is 0 Å². The Morgan fingerprint density at radius 3 is 2.74 bits per heavy atom. The zero-order chi connectivity index (χ0) is 14.0. The third kappa shape index (κ3) is 3.00. The smallest absolute Gasteiger partial charge is 0.373 e. The Kier molecular flexibility index (Phi) is 4.30. The minimum absolute atomic E-state index is 0.210. The highest BCUT2D eigenvalue weighted by Crippen LogP contribution is 2.31. The second-order valence-electron chi connectivity index (χ2n) is 5.66. The van der Waals surface area contributed by atoms with Crippen LogP contribution >= 0.6 is 0 Å². The molecular formula is C15H23NO3. The number of likely N-dealkylation sites (tertiary alicyclic amines) is 1. The van der Waals surface area contributed by atoms with Crippen LogP contribution in [0.2, 0.25) is 0 Å².